The number of carbonyl (C=O) groups excluding carboxylic acids is 1. The lowest BCUT2D eigenvalue weighted by molar-refractivity contribution is -0.129. The minimum Gasteiger partial charge on any atom is -0.495 e. The van der Waals surface area contributed by atoms with Crippen LogP contribution in [0.3, 0.4) is 0 Å². The van der Waals surface area contributed by atoms with Crippen molar-refractivity contribution in [2.45, 2.75) is 18.7 Å². The quantitative estimate of drug-likeness (QED) is 0.500. The zero-order chi connectivity index (χ0) is 25.0. The maximum atomic E-state index is 13.6. The third-order valence-electron chi connectivity index (χ3n) is 6.51. The van der Waals surface area contributed by atoms with Crippen molar-refractivity contribution in [1.29, 1.82) is 0 Å². The van der Waals surface area contributed by atoms with Gasteiger partial charge in [-0.2, -0.15) is 0 Å². The predicted octanol–water partition coefficient (Wildman–Crippen LogP) is 3.86. The van der Waals surface area contributed by atoms with Crippen molar-refractivity contribution >= 4 is 27.3 Å². The molecule has 4 rings (SSSR count). The molecule has 35 heavy (non-hydrogen) atoms. The van der Waals surface area contributed by atoms with Crippen LogP contribution >= 0.6 is 0 Å². The lowest BCUT2D eigenvalue weighted by atomic mass is 10.1. The summed E-state index contributed by atoms with van der Waals surface area (Å²) >= 11 is 0. The topological polar surface area (TPSA) is 70.2 Å². The number of methoxy groups -OCH3 is 1. The van der Waals surface area contributed by atoms with Gasteiger partial charge >= 0.3 is 0 Å². The second kappa shape index (κ2) is 10.4. The van der Waals surface area contributed by atoms with Crippen molar-refractivity contribution in [2.75, 3.05) is 49.0 Å². The maximum Gasteiger partial charge on any atom is 0.264 e. The number of nitrogens with zero attached hydrogens (tertiary/aromatic N) is 3. The van der Waals surface area contributed by atoms with E-state index in [0.717, 1.165) is 4.31 Å². The van der Waals surface area contributed by atoms with E-state index in [1.807, 2.05) is 0 Å². The number of anilines is 2. The maximum absolute atomic E-state index is 13.6. The van der Waals surface area contributed by atoms with Crippen molar-refractivity contribution in [3.05, 3.63) is 83.9 Å². The van der Waals surface area contributed by atoms with Gasteiger partial charge < -0.3 is 14.5 Å². The zero-order valence-electron chi connectivity index (χ0n) is 20.3. The number of benzene rings is 3. The Balaban J connectivity index is 1.56. The number of ether oxygens (including phenoxy) is 1. The van der Waals surface area contributed by atoms with Crippen molar-refractivity contribution in [3.8, 4) is 5.75 Å². The number of hydrogen-bond acceptors (Lipinski definition) is 5. The fourth-order valence-electron chi connectivity index (χ4n) is 4.35. The summed E-state index contributed by atoms with van der Waals surface area (Å²) in [5.74, 6) is 0.149. The number of rotatable bonds is 7. The molecule has 8 heteroatoms. The van der Waals surface area contributed by atoms with Crippen LogP contribution in [-0.4, -0.2) is 59.1 Å². The molecule has 1 aliphatic heterocycles. The van der Waals surface area contributed by atoms with Crippen molar-refractivity contribution < 1.29 is 17.9 Å². The van der Waals surface area contributed by atoms with Crippen LogP contribution in [0.25, 0.3) is 0 Å². The summed E-state index contributed by atoms with van der Waals surface area (Å²) < 4.78 is 33.8. The molecule has 184 valence electrons. The van der Waals surface area contributed by atoms with Gasteiger partial charge in [0.1, 0.15) is 12.3 Å². The molecule has 1 aliphatic rings. The predicted molar refractivity (Wildman–Crippen MR) is 139 cm³/mol. The third kappa shape index (κ3) is 5.12. The van der Waals surface area contributed by atoms with E-state index >= 15 is 0 Å². The molecule has 0 aliphatic carbocycles. The first kappa shape index (κ1) is 24.6. The van der Waals surface area contributed by atoms with Crippen LogP contribution in [0.15, 0.2) is 77.7 Å². The summed E-state index contributed by atoms with van der Waals surface area (Å²) in [6, 6.07) is 21.3. The largest absolute Gasteiger partial charge is 0.495 e. The summed E-state index contributed by atoms with van der Waals surface area (Å²) in [4.78, 5) is 17.5. The van der Waals surface area contributed by atoms with Crippen LogP contribution in [0.1, 0.15) is 11.1 Å². The minimum atomic E-state index is -3.99. The van der Waals surface area contributed by atoms with Crippen LogP contribution in [0.2, 0.25) is 0 Å². The number of carbonyl (C=O) groups is 1. The van der Waals surface area contributed by atoms with E-state index in [1.165, 1.54) is 36.1 Å². The van der Waals surface area contributed by atoms with Crippen molar-refractivity contribution in [2.24, 2.45) is 0 Å². The Bertz CT molecular complexity index is 1290. The molecule has 3 aromatic carbocycles. The van der Waals surface area contributed by atoms with Crippen molar-refractivity contribution in [1.82, 2.24) is 4.90 Å². The Morgan fingerprint density at radius 1 is 0.886 bits per heavy atom. The molecular weight excluding hydrogens is 462 g/mol. The standard InChI is InChI=1S/C27H31N3O4S/c1-21-10-9-14-24(22(21)2)28-16-18-29(19-17-28)27(31)20-30(25-13-7-8-15-26(25)34-3)35(32,33)23-11-5-4-6-12-23/h4-15H,16-20H2,1-3H3. The van der Waals surface area contributed by atoms with Crippen LogP contribution in [0, 0.1) is 13.8 Å². The number of sulfonamides is 1. The molecule has 0 atom stereocenters. The van der Waals surface area contributed by atoms with E-state index in [-0.39, 0.29) is 17.3 Å². The molecular formula is C27H31N3O4S. The van der Waals surface area contributed by atoms with Gasteiger partial charge in [0.2, 0.25) is 5.91 Å². The highest BCUT2D eigenvalue weighted by Crippen LogP contribution is 2.32. The average Bonchev–Trinajstić information content (AvgIpc) is 2.89. The van der Waals surface area contributed by atoms with E-state index in [9.17, 15) is 13.2 Å². The fourth-order valence-corrected chi connectivity index (χ4v) is 5.80. The van der Waals surface area contributed by atoms with Gasteiger partial charge in [-0.1, -0.05) is 42.5 Å². The first-order valence-corrected chi connectivity index (χ1v) is 13.1. The Hall–Kier alpha value is -3.52. The molecule has 1 amide bonds. The van der Waals surface area contributed by atoms with Gasteiger partial charge in [-0.25, -0.2) is 8.42 Å². The lowest BCUT2D eigenvalue weighted by Crippen LogP contribution is -2.52. The van der Waals surface area contributed by atoms with E-state index in [1.54, 1.807) is 47.4 Å². The Labute approximate surface area is 207 Å². The summed E-state index contributed by atoms with van der Waals surface area (Å²) in [7, 11) is -2.50. The number of para-hydroxylation sites is 2. The van der Waals surface area contributed by atoms with Gasteiger partial charge in [0.25, 0.3) is 10.0 Å². The molecule has 0 saturated carbocycles. The van der Waals surface area contributed by atoms with Gasteiger partial charge in [0, 0.05) is 31.9 Å². The number of aryl methyl sites for hydroxylation is 1. The van der Waals surface area contributed by atoms with Gasteiger partial charge in [0.05, 0.1) is 17.7 Å². The van der Waals surface area contributed by atoms with Gasteiger partial charge in [0.15, 0.2) is 0 Å². The molecule has 1 heterocycles. The molecule has 1 fully saturated rings. The van der Waals surface area contributed by atoms with Crippen molar-refractivity contribution in [3.63, 3.8) is 0 Å². The minimum absolute atomic E-state index is 0.124. The van der Waals surface area contributed by atoms with Crippen LogP contribution in [0.5, 0.6) is 5.75 Å². The monoisotopic (exact) mass is 493 g/mol. The second-order valence-corrected chi connectivity index (χ2v) is 10.4. The highest BCUT2D eigenvalue weighted by molar-refractivity contribution is 7.92. The van der Waals surface area contributed by atoms with E-state index in [4.69, 9.17) is 4.74 Å². The van der Waals surface area contributed by atoms with E-state index < -0.39 is 10.0 Å². The normalized spacial score (nSPS) is 14.0. The third-order valence-corrected chi connectivity index (χ3v) is 8.29. The highest BCUT2D eigenvalue weighted by Gasteiger charge is 2.32. The Morgan fingerprint density at radius 2 is 1.54 bits per heavy atom. The zero-order valence-corrected chi connectivity index (χ0v) is 21.2. The van der Waals surface area contributed by atoms with Crippen LogP contribution in [-0.2, 0) is 14.8 Å². The summed E-state index contributed by atoms with van der Waals surface area (Å²) in [5.41, 5.74) is 3.99. The van der Waals surface area contributed by atoms with Gasteiger partial charge in [-0.3, -0.25) is 9.10 Å². The summed E-state index contributed by atoms with van der Waals surface area (Å²) in [5, 5.41) is 0. The molecule has 7 nitrogen and oxygen atoms in total. The molecule has 0 N–H and O–H groups in total. The summed E-state index contributed by atoms with van der Waals surface area (Å²) in [6.07, 6.45) is 0. The van der Waals surface area contributed by atoms with Crippen LogP contribution < -0.4 is 13.9 Å². The molecule has 0 spiro atoms. The fraction of sp³-hybridized carbons (Fsp3) is 0.296. The van der Waals surface area contributed by atoms with Crippen LogP contribution in [0.4, 0.5) is 11.4 Å². The van der Waals surface area contributed by atoms with E-state index in [2.05, 4.69) is 36.9 Å². The molecule has 0 unspecified atom stereocenters. The Kier molecular flexibility index (Phi) is 7.31. The molecule has 0 aromatic heterocycles. The van der Waals surface area contributed by atoms with E-state index in [0.29, 0.717) is 37.6 Å². The first-order chi connectivity index (χ1) is 16.8. The lowest BCUT2D eigenvalue weighted by Gasteiger charge is -2.38. The van der Waals surface area contributed by atoms with Gasteiger partial charge in [-0.05, 0) is 55.3 Å². The first-order valence-electron chi connectivity index (χ1n) is 11.6. The number of piperazine rings is 1. The second-order valence-electron chi connectivity index (χ2n) is 8.58. The highest BCUT2D eigenvalue weighted by atomic mass is 32.2. The SMILES string of the molecule is COc1ccccc1N(CC(=O)N1CCN(c2cccc(C)c2C)CC1)S(=O)(=O)c1ccccc1. The molecule has 3 aromatic rings. The molecule has 0 radical (unpaired) electrons. The average molecular weight is 494 g/mol. The summed E-state index contributed by atoms with van der Waals surface area (Å²) in [6.45, 7) is 6.34. The van der Waals surface area contributed by atoms with Gasteiger partial charge in [-0.15, -0.1) is 0 Å². The number of amides is 1. The smallest absolute Gasteiger partial charge is 0.264 e. The Morgan fingerprint density at radius 3 is 2.23 bits per heavy atom. The number of hydrogen-bond donors (Lipinski definition) is 0. The molecule has 0 bridgehead atoms. The molecule has 1 saturated heterocycles.